The third-order valence-corrected chi connectivity index (χ3v) is 5.65. The highest BCUT2D eigenvalue weighted by Crippen LogP contribution is 2.34. The van der Waals surface area contributed by atoms with Crippen LogP contribution >= 0.6 is 43.2 Å². The summed E-state index contributed by atoms with van der Waals surface area (Å²) in [5.74, 6) is 0. The normalized spacial score (nSPS) is 11.9. The first-order chi connectivity index (χ1) is 4.93. The average Bonchev–Trinajstić information content (AvgIpc) is 2.11. The van der Waals surface area contributed by atoms with Gasteiger partial charge in [0, 0.05) is 5.38 Å². The van der Waals surface area contributed by atoms with E-state index in [1.807, 2.05) is 0 Å². The number of rotatable bonds is 1. The van der Waals surface area contributed by atoms with E-state index in [-0.39, 0.29) is 4.90 Å². The van der Waals surface area contributed by atoms with Crippen LogP contribution in [0.4, 0.5) is 0 Å². The van der Waals surface area contributed by atoms with Crippen LogP contribution < -0.4 is 5.14 Å². The molecule has 0 spiro atoms. The Morgan fingerprint density at radius 2 is 2.00 bits per heavy atom. The Bertz CT molecular complexity index is 369. The molecular weight excluding hydrogens is 318 g/mol. The van der Waals surface area contributed by atoms with Gasteiger partial charge >= 0.3 is 0 Å². The molecule has 62 valence electrons. The van der Waals surface area contributed by atoms with Crippen molar-refractivity contribution >= 4 is 53.2 Å². The largest absolute Gasteiger partial charge is 0.240 e. The number of hydrogen-bond acceptors (Lipinski definition) is 3. The Morgan fingerprint density at radius 3 is 2.18 bits per heavy atom. The van der Waals surface area contributed by atoms with Crippen molar-refractivity contribution in [2.24, 2.45) is 5.14 Å². The second-order valence-corrected chi connectivity index (χ2v) is 6.25. The van der Waals surface area contributed by atoms with E-state index in [9.17, 15) is 8.42 Å². The van der Waals surface area contributed by atoms with Crippen LogP contribution in [0.3, 0.4) is 0 Å². The van der Waals surface area contributed by atoms with Crippen LogP contribution in [0.25, 0.3) is 0 Å². The molecule has 2 N–H and O–H groups in total. The highest BCUT2D eigenvalue weighted by molar-refractivity contribution is 9.13. The van der Waals surface area contributed by atoms with Gasteiger partial charge in [-0.2, -0.15) is 0 Å². The number of halogens is 2. The van der Waals surface area contributed by atoms with Crippen LogP contribution in [0, 0.1) is 0 Å². The van der Waals surface area contributed by atoms with Crippen molar-refractivity contribution < 1.29 is 8.42 Å². The first-order valence-corrected chi connectivity index (χ1v) is 6.39. The zero-order valence-electron chi connectivity index (χ0n) is 5.04. The summed E-state index contributed by atoms with van der Waals surface area (Å²) in [6, 6.07) is 0. The van der Waals surface area contributed by atoms with Crippen molar-refractivity contribution in [2.45, 2.75) is 4.90 Å². The maximum absolute atomic E-state index is 10.8. The van der Waals surface area contributed by atoms with E-state index in [1.54, 1.807) is 0 Å². The highest BCUT2D eigenvalue weighted by Gasteiger charge is 2.16. The third kappa shape index (κ3) is 2.03. The molecule has 0 saturated heterocycles. The lowest BCUT2D eigenvalue weighted by atomic mass is 10.7. The van der Waals surface area contributed by atoms with Crippen molar-refractivity contribution in [1.29, 1.82) is 0 Å². The molecule has 0 atom stereocenters. The van der Waals surface area contributed by atoms with Crippen molar-refractivity contribution in [2.75, 3.05) is 0 Å². The summed E-state index contributed by atoms with van der Waals surface area (Å²) in [5.41, 5.74) is 0. The molecule has 0 aromatic carbocycles. The molecule has 0 aliphatic heterocycles. The van der Waals surface area contributed by atoms with Crippen molar-refractivity contribution in [3.05, 3.63) is 13.6 Å². The van der Waals surface area contributed by atoms with Crippen LogP contribution in [0.5, 0.6) is 0 Å². The summed E-state index contributed by atoms with van der Waals surface area (Å²) in [7, 11) is -3.58. The predicted octanol–water partition coefficient (Wildman–Crippen LogP) is 1.92. The van der Waals surface area contributed by atoms with Gasteiger partial charge in [0.05, 0.1) is 8.26 Å². The maximum atomic E-state index is 10.8. The zero-order valence-corrected chi connectivity index (χ0v) is 9.85. The number of sulfonamides is 1. The van der Waals surface area contributed by atoms with E-state index >= 15 is 0 Å². The molecule has 0 unspecified atom stereocenters. The monoisotopic (exact) mass is 319 g/mol. The van der Waals surface area contributed by atoms with Gasteiger partial charge < -0.3 is 0 Å². The Balaban J connectivity index is 3.38. The minimum Gasteiger partial charge on any atom is -0.225 e. The first kappa shape index (κ1) is 9.66. The molecule has 11 heavy (non-hydrogen) atoms. The number of nitrogens with two attached hydrogens (primary N) is 1. The predicted molar refractivity (Wildman–Crippen MR) is 51.1 cm³/mol. The topological polar surface area (TPSA) is 60.2 Å². The lowest BCUT2D eigenvalue weighted by molar-refractivity contribution is 0.597. The minimum absolute atomic E-state index is 0.120. The summed E-state index contributed by atoms with van der Waals surface area (Å²) >= 11 is 7.52. The average molecular weight is 321 g/mol. The number of hydrogen-bond donors (Lipinski definition) is 1. The molecule has 3 nitrogen and oxygen atoms in total. The molecule has 7 heteroatoms. The Kier molecular flexibility index (Phi) is 2.75. The van der Waals surface area contributed by atoms with Gasteiger partial charge in [-0.25, -0.2) is 13.6 Å². The second-order valence-electron chi connectivity index (χ2n) is 1.73. The third-order valence-electron chi connectivity index (χ3n) is 0.965. The Hall–Kier alpha value is 0.570. The summed E-state index contributed by atoms with van der Waals surface area (Å²) in [5, 5.41) is 6.37. The molecule has 0 fully saturated rings. The van der Waals surface area contributed by atoms with Crippen molar-refractivity contribution in [1.82, 2.24) is 0 Å². The fourth-order valence-corrected chi connectivity index (χ4v) is 3.99. The second kappa shape index (κ2) is 3.14. The molecule has 0 saturated carbocycles. The number of primary sulfonamides is 1. The fourth-order valence-electron chi connectivity index (χ4n) is 0.498. The van der Waals surface area contributed by atoms with Gasteiger partial charge in [0.25, 0.3) is 0 Å². The summed E-state index contributed by atoms with van der Waals surface area (Å²) < 4.78 is 22.8. The Morgan fingerprint density at radius 1 is 1.45 bits per heavy atom. The molecule has 1 aromatic heterocycles. The lowest BCUT2D eigenvalue weighted by Crippen LogP contribution is -2.11. The van der Waals surface area contributed by atoms with Gasteiger partial charge in [-0.15, -0.1) is 11.3 Å². The standard InChI is InChI=1S/C4H3Br2NO2S2/c5-3-2(11(7,8)9)1-10-4(3)6/h1H,(H2,7,8,9). The van der Waals surface area contributed by atoms with E-state index in [4.69, 9.17) is 5.14 Å². The van der Waals surface area contributed by atoms with Crippen molar-refractivity contribution in [3.63, 3.8) is 0 Å². The van der Waals surface area contributed by atoms with Gasteiger partial charge in [0.2, 0.25) is 10.0 Å². The van der Waals surface area contributed by atoms with Crippen molar-refractivity contribution in [3.8, 4) is 0 Å². The van der Waals surface area contributed by atoms with Gasteiger partial charge in [-0.05, 0) is 31.9 Å². The van der Waals surface area contributed by atoms with E-state index < -0.39 is 10.0 Å². The van der Waals surface area contributed by atoms with Crippen LogP contribution in [-0.4, -0.2) is 8.42 Å². The summed E-state index contributed by atoms with van der Waals surface area (Å²) in [4.78, 5) is 0.120. The van der Waals surface area contributed by atoms with E-state index in [1.165, 1.54) is 16.7 Å². The fraction of sp³-hybridized carbons (Fsp3) is 0. The van der Waals surface area contributed by atoms with E-state index in [0.29, 0.717) is 4.47 Å². The van der Waals surface area contributed by atoms with E-state index in [2.05, 4.69) is 31.9 Å². The van der Waals surface area contributed by atoms with E-state index in [0.717, 1.165) is 3.79 Å². The van der Waals surface area contributed by atoms with Gasteiger partial charge in [-0.3, -0.25) is 0 Å². The molecule has 0 amide bonds. The number of thiophene rings is 1. The molecular formula is C4H3Br2NO2S2. The van der Waals surface area contributed by atoms with Gasteiger partial charge in [0.15, 0.2) is 0 Å². The van der Waals surface area contributed by atoms with Crippen LogP contribution in [-0.2, 0) is 10.0 Å². The summed E-state index contributed by atoms with van der Waals surface area (Å²) in [6.07, 6.45) is 0. The molecule has 1 aromatic rings. The van der Waals surface area contributed by atoms with Crippen LogP contribution in [0.2, 0.25) is 0 Å². The van der Waals surface area contributed by atoms with Crippen LogP contribution in [0.1, 0.15) is 0 Å². The molecule has 0 aliphatic carbocycles. The molecule has 0 bridgehead atoms. The molecule has 0 radical (unpaired) electrons. The highest BCUT2D eigenvalue weighted by atomic mass is 79.9. The quantitative estimate of drug-likeness (QED) is 0.859. The molecule has 0 aliphatic rings. The summed E-state index contributed by atoms with van der Waals surface area (Å²) in [6.45, 7) is 0. The zero-order chi connectivity index (χ0) is 8.65. The smallest absolute Gasteiger partial charge is 0.225 e. The maximum Gasteiger partial charge on any atom is 0.240 e. The SMILES string of the molecule is NS(=O)(=O)c1csc(Br)c1Br. The van der Waals surface area contributed by atoms with Gasteiger partial charge in [0.1, 0.15) is 4.90 Å². The van der Waals surface area contributed by atoms with Gasteiger partial charge in [-0.1, -0.05) is 0 Å². The molecule has 1 heterocycles. The molecule has 1 rings (SSSR count). The first-order valence-electron chi connectivity index (χ1n) is 2.38. The van der Waals surface area contributed by atoms with Crippen LogP contribution in [0.15, 0.2) is 18.5 Å². The lowest BCUT2D eigenvalue weighted by Gasteiger charge is -1.92. The minimum atomic E-state index is -3.58. The Labute approximate surface area is 84.9 Å².